The lowest BCUT2D eigenvalue weighted by Crippen LogP contribution is -2.41. The van der Waals surface area contributed by atoms with Gasteiger partial charge in [0.2, 0.25) is 5.91 Å². The van der Waals surface area contributed by atoms with Crippen molar-refractivity contribution in [2.45, 2.75) is 18.5 Å². The largest absolute Gasteiger partial charge is 0.395 e. The summed E-state index contributed by atoms with van der Waals surface area (Å²) in [5.74, 6) is -0.447. The van der Waals surface area contributed by atoms with Gasteiger partial charge in [-0.3, -0.25) is 23.9 Å². The summed E-state index contributed by atoms with van der Waals surface area (Å²) < 4.78 is 2.05. The van der Waals surface area contributed by atoms with E-state index >= 15 is 0 Å². The van der Waals surface area contributed by atoms with Gasteiger partial charge in [0.25, 0.3) is 11.5 Å². The van der Waals surface area contributed by atoms with E-state index in [4.69, 9.17) is 11.6 Å². The molecule has 33 heavy (non-hydrogen) atoms. The van der Waals surface area contributed by atoms with Crippen LogP contribution in [0.2, 0.25) is 4.34 Å². The highest BCUT2D eigenvalue weighted by Gasteiger charge is 2.37. The summed E-state index contributed by atoms with van der Waals surface area (Å²) in [5.41, 5.74) is 1.15. The Bertz CT molecular complexity index is 1190. The second-order valence-corrected chi connectivity index (χ2v) is 9.40. The maximum absolute atomic E-state index is 13.0. The number of carbonyl (C=O) groups excluding carboxylic acids is 2. The van der Waals surface area contributed by atoms with Crippen LogP contribution in [0.3, 0.4) is 0 Å². The lowest BCUT2D eigenvalue weighted by Gasteiger charge is -2.22. The predicted octanol–water partition coefficient (Wildman–Crippen LogP) is 2.36. The van der Waals surface area contributed by atoms with Gasteiger partial charge in [0.15, 0.2) is 0 Å². The van der Waals surface area contributed by atoms with Crippen LogP contribution in [0.25, 0.3) is 5.69 Å². The number of benzene rings is 1. The minimum Gasteiger partial charge on any atom is -0.395 e. The van der Waals surface area contributed by atoms with Crippen molar-refractivity contribution >= 4 is 40.4 Å². The Morgan fingerprint density at radius 3 is 2.58 bits per heavy atom. The molecule has 1 fully saturated rings. The lowest BCUT2D eigenvalue weighted by molar-refractivity contribution is -0.120. The number of pyridine rings is 1. The maximum atomic E-state index is 13.0. The van der Waals surface area contributed by atoms with E-state index in [1.807, 2.05) is 4.90 Å². The molecule has 172 valence electrons. The van der Waals surface area contributed by atoms with E-state index in [2.05, 4.69) is 10.6 Å². The van der Waals surface area contributed by atoms with Crippen LogP contribution >= 0.6 is 22.9 Å². The summed E-state index contributed by atoms with van der Waals surface area (Å²) in [4.78, 5) is 39.8. The number of thiophene rings is 1. The molecule has 3 heterocycles. The zero-order chi connectivity index (χ0) is 23.4. The number of nitrogens with zero attached hydrogens (tertiary/aromatic N) is 2. The van der Waals surface area contributed by atoms with Crippen LogP contribution in [0.5, 0.6) is 0 Å². The van der Waals surface area contributed by atoms with Gasteiger partial charge in [-0.05, 0) is 48.9 Å². The van der Waals surface area contributed by atoms with Crippen LogP contribution in [0.15, 0.2) is 65.6 Å². The van der Waals surface area contributed by atoms with E-state index in [0.29, 0.717) is 40.1 Å². The van der Waals surface area contributed by atoms with Gasteiger partial charge >= 0.3 is 0 Å². The number of likely N-dealkylation sites (tertiary alicyclic amines) is 1. The van der Waals surface area contributed by atoms with Crippen molar-refractivity contribution in [3.05, 3.63) is 80.4 Å². The summed E-state index contributed by atoms with van der Waals surface area (Å²) >= 11 is 7.11. The Labute approximate surface area is 199 Å². The summed E-state index contributed by atoms with van der Waals surface area (Å²) in [5, 5.41) is 15.3. The van der Waals surface area contributed by atoms with E-state index in [0.717, 1.165) is 0 Å². The molecular formula is C23H23ClN4O4S. The third-order valence-electron chi connectivity index (χ3n) is 5.46. The number of β-amino-alcohol motifs (C(OH)–C–C–N with tert-alkyl or cyclic N) is 1. The fraction of sp³-hybridized carbons (Fsp3) is 0.261. The van der Waals surface area contributed by atoms with Gasteiger partial charge in [0.1, 0.15) is 0 Å². The number of hydrogen-bond acceptors (Lipinski definition) is 6. The van der Waals surface area contributed by atoms with E-state index in [9.17, 15) is 19.5 Å². The first kappa shape index (κ1) is 23.2. The molecule has 1 saturated heterocycles. The van der Waals surface area contributed by atoms with Crippen molar-refractivity contribution in [3.8, 4) is 5.69 Å². The maximum Gasteiger partial charge on any atom is 0.261 e. The van der Waals surface area contributed by atoms with Gasteiger partial charge in [0.05, 0.1) is 21.9 Å². The fourth-order valence-corrected chi connectivity index (χ4v) is 4.87. The monoisotopic (exact) mass is 486 g/mol. The number of hydrogen-bond donors (Lipinski definition) is 3. The first-order valence-corrected chi connectivity index (χ1v) is 11.6. The van der Waals surface area contributed by atoms with Crippen molar-refractivity contribution < 1.29 is 14.7 Å². The molecular weight excluding hydrogens is 464 g/mol. The number of nitrogens with one attached hydrogen (secondary N) is 2. The molecule has 1 aliphatic heterocycles. The quantitative estimate of drug-likeness (QED) is 0.475. The number of aliphatic hydroxyl groups excluding tert-OH is 1. The van der Waals surface area contributed by atoms with Gasteiger partial charge in [-0.15, -0.1) is 11.3 Å². The topological polar surface area (TPSA) is 104 Å². The Hall–Kier alpha value is -2.98. The second kappa shape index (κ2) is 10.3. The predicted molar refractivity (Wildman–Crippen MR) is 128 cm³/mol. The molecule has 0 radical (unpaired) electrons. The standard InChI is InChI=1S/C23H23ClN4O4S/c24-20-9-8-19(33-20)23(32)26-16-13-18(27(14-16)11-12-29)22(31)25-15-4-6-17(7-5-15)28-10-2-1-3-21(28)30/h1-10,16,18,29H,11-14H2,(H,25,31)(H,26,32)/t16-,18?/m0/s1. The second-order valence-electron chi connectivity index (χ2n) is 7.69. The summed E-state index contributed by atoms with van der Waals surface area (Å²) in [6.45, 7) is 0.690. The van der Waals surface area contributed by atoms with Crippen LogP contribution in [0, 0.1) is 0 Å². The minimum absolute atomic E-state index is 0.0918. The highest BCUT2D eigenvalue weighted by atomic mass is 35.5. The van der Waals surface area contributed by atoms with E-state index in [1.54, 1.807) is 54.7 Å². The zero-order valence-electron chi connectivity index (χ0n) is 17.6. The Kier molecular flexibility index (Phi) is 7.24. The number of aromatic nitrogens is 1. The van der Waals surface area contributed by atoms with Crippen LogP contribution in [0.4, 0.5) is 5.69 Å². The molecule has 0 bridgehead atoms. The molecule has 3 aromatic rings. The number of carbonyl (C=O) groups is 2. The molecule has 1 aromatic carbocycles. The van der Waals surface area contributed by atoms with Crippen LogP contribution < -0.4 is 16.2 Å². The van der Waals surface area contributed by atoms with Crippen LogP contribution in [0.1, 0.15) is 16.1 Å². The third kappa shape index (κ3) is 5.51. The Morgan fingerprint density at radius 1 is 1.12 bits per heavy atom. The zero-order valence-corrected chi connectivity index (χ0v) is 19.2. The van der Waals surface area contributed by atoms with Gasteiger partial charge in [-0.2, -0.15) is 0 Å². The number of anilines is 1. The van der Waals surface area contributed by atoms with Crippen molar-refractivity contribution in [1.29, 1.82) is 0 Å². The Morgan fingerprint density at radius 2 is 1.91 bits per heavy atom. The number of rotatable bonds is 7. The highest BCUT2D eigenvalue weighted by Crippen LogP contribution is 2.24. The first-order valence-electron chi connectivity index (χ1n) is 10.4. The normalized spacial score (nSPS) is 18.2. The Balaban J connectivity index is 1.41. The van der Waals surface area contributed by atoms with Gasteiger partial charge in [0, 0.05) is 42.8 Å². The molecule has 2 aromatic heterocycles. The smallest absolute Gasteiger partial charge is 0.261 e. The van der Waals surface area contributed by atoms with Crippen LogP contribution in [-0.4, -0.2) is 58.2 Å². The summed E-state index contributed by atoms with van der Waals surface area (Å²) in [7, 11) is 0. The van der Waals surface area contributed by atoms with Crippen molar-refractivity contribution in [2.24, 2.45) is 0 Å². The number of amides is 2. The van der Waals surface area contributed by atoms with Crippen molar-refractivity contribution in [2.75, 3.05) is 25.0 Å². The average Bonchev–Trinajstić information content (AvgIpc) is 3.41. The first-order chi connectivity index (χ1) is 15.9. The molecule has 0 spiro atoms. The molecule has 0 saturated carbocycles. The number of halogens is 1. The molecule has 0 aliphatic carbocycles. The third-order valence-corrected chi connectivity index (χ3v) is 6.69. The summed E-state index contributed by atoms with van der Waals surface area (Å²) in [6, 6.07) is 14.5. The van der Waals surface area contributed by atoms with Gasteiger partial charge in [-0.25, -0.2) is 0 Å². The minimum atomic E-state index is -0.495. The summed E-state index contributed by atoms with van der Waals surface area (Å²) in [6.07, 6.45) is 2.11. The van der Waals surface area contributed by atoms with Crippen molar-refractivity contribution in [1.82, 2.24) is 14.8 Å². The van der Waals surface area contributed by atoms with E-state index in [-0.39, 0.29) is 30.0 Å². The van der Waals surface area contributed by atoms with Crippen molar-refractivity contribution in [3.63, 3.8) is 0 Å². The fourth-order valence-electron chi connectivity index (χ4n) is 3.92. The molecule has 3 N–H and O–H groups in total. The lowest BCUT2D eigenvalue weighted by atomic mass is 10.1. The molecule has 8 nitrogen and oxygen atoms in total. The molecule has 4 rings (SSSR count). The van der Waals surface area contributed by atoms with Gasteiger partial charge in [-0.1, -0.05) is 17.7 Å². The molecule has 2 amide bonds. The molecule has 1 aliphatic rings. The molecule has 10 heteroatoms. The molecule has 1 unspecified atom stereocenters. The van der Waals surface area contributed by atoms with Gasteiger partial charge < -0.3 is 15.7 Å². The van der Waals surface area contributed by atoms with E-state index < -0.39 is 6.04 Å². The highest BCUT2D eigenvalue weighted by molar-refractivity contribution is 7.18. The van der Waals surface area contributed by atoms with E-state index in [1.165, 1.54) is 22.0 Å². The van der Waals surface area contributed by atoms with Crippen LogP contribution in [-0.2, 0) is 4.79 Å². The molecule has 2 atom stereocenters. The average molecular weight is 487 g/mol. The SMILES string of the molecule is O=C(N[C@H]1CC(C(=O)Nc2ccc(-n3ccccc3=O)cc2)N(CCO)C1)c1ccc(Cl)s1. The number of aliphatic hydroxyl groups is 1.